The maximum Gasteiger partial charge on any atom is 0.345 e. The Morgan fingerprint density at radius 3 is 2.58 bits per heavy atom. The van der Waals surface area contributed by atoms with Crippen molar-refractivity contribution in [3.05, 3.63) is 58.5 Å². The molecule has 2 fully saturated rings. The molecule has 0 amide bonds. The lowest BCUT2D eigenvalue weighted by Crippen LogP contribution is -2.30. The fourth-order valence-electron chi connectivity index (χ4n) is 5.38. The minimum absolute atomic E-state index is 0.368. The Morgan fingerprint density at radius 1 is 1.06 bits per heavy atom. The number of benzene rings is 1. The number of nitrogens with zero attached hydrogens (tertiary/aromatic N) is 5. The average molecular weight is 415 g/mol. The van der Waals surface area contributed by atoms with Crippen molar-refractivity contribution in [1.29, 1.82) is 0 Å². The molecule has 7 heteroatoms. The maximum atomic E-state index is 12.8. The van der Waals surface area contributed by atoms with Crippen LogP contribution in [0.15, 0.2) is 45.9 Å². The molecule has 6 rings (SSSR count). The van der Waals surface area contributed by atoms with Gasteiger partial charge in [-0.2, -0.15) is 0 Å². The van der Waals surface area contributed by atoms with Gasteiger partial charge in [-0.25, -0.2) is 9.78 Å². The Morgan fingerprint density at radius 2 is 1.84 bits per heavy atom. The van der Waals surface area contributed by atoms with Crippen molar-refractivity contribution in [1.82, 2.24) is 19.3 Å². The second-order valence-corrected chi connectivity index (χ2v) is 9.18. The lowest BCUT2D eigenvalue weighted by atomic mass is 10.1. The minimum Gasteiger partial charge on any atom is -0.422 e. The van der Waals surface area contributed by atoms with Gasteiger partial charge >= 0.3 is 5.63 Å². The number of piperidine rings is 1. The summed E-state index contributed by atoms with van der Waals surface area (Å²) < 4.78 is 7.66. The zero-order valence-corrected chi connectivity index (χ0v) is 18.2. The average Bonchev–Trinajstić information content (AvgIpc) is 3.05. The molecule has 1 aromatic carbocycles. The summed E-state index contributed by atoms with van der Waals surface area (Å²) in [6.07, 6.45) is 3.77. The molecule has 0 N–H and O–H groups in total. The van der Waals surface area contributed by atoms with Gasteiger partial charge in [0.2, 0.25) is 0 Å². The number of aryl methyl sites for hydroxylation is 2. The summed E-state index contributed by atoms with van der Waals surface area (Å²) in [5.41, 5.74) is 4.93. The molecule has 2 unspecified atom stereocenters. The highest BCUT2D eigenvalue weighted by molar-refractivity contribution is 5.84. The molecular formula is C24H25N5O2. The Kier molecular flexibility index (Phi) is 3.84. The Balaban J connectivity index is 1.34. The third-order valence-corrected chi connectivity index (χ3v) is 6.83. The number of rotatable bonds is 3. The summed E-state index contributed by atoms with van der Waals surface area (Å²) in [5.74, 6) is 1.49. The molecule has 4 heterocycles. The van der Waals surface area contributed by atoms with Crippen LogP contribution in [0.5, 0.6) is 0 Å². The van der Waals surface area contributed by atoms with Crippen LogP contribution in [0.25, 0.3) is 27.9 Å². The first-order valence-electron chi connectivity index (χ1n) is 10.7. The van der Waals surface area contributed by atoms with Gasteiger partial charge in [0, 0.05) is 48.7 Å². The second kappa shape index (κ2) is 6.40. The topological polar surface area (TPSA) is 66.9 Å². The molecule has 1 aliphatic carbocycles. The first kappa shape index (κ1) is 18.6. The van der Waals surface area contributed by atoms with Crippen molar-refractivity contribution in [2.24, 2.45) is 11.8 Å². The SMILES string of the molecule is Cc1cn2cc(-c3cc4ccc(N5CC6C(C5)C6N(C)C)cc4oc3=O)nc2c(C)n1. The minimum atomic E-state index is -0.368. The summed E-state index contributed by atoms with van der Waals surface area (Å²) in [6.45, 7) is 6.00. The van der Waals surface area contributed by atoms with E-state index in [9.17, 15) is 4.79 Å². The van der Waals surface area contributed by atoms with E-state index in [-0.39, 0.29) is 5.63 Å². The Labute approximate surface area is 179 Å². The van der Waals surface area contributed by atoms with E-state index in [1.54, 1.807) is 0 Å². The van der Waals surface area contributed by atoms with Crippen LogP contribution < -0.4 is 10.5 Å². The van der Waals surface area contributed by atoms with Gasteiger partial charge in [-0.3, -0.25) is 4.98 Å². The van der Waals surface area contributed by atoms with Gasteiger partial charge in [0.1, 0.15) is 5.58 Å². The van der Waals surface area contributed by atoms with Gasteiger partial charge in [-0.1, -0.05) is 0 Å². The quantitative estimate of drug-likeness (QED) is 0.479. The molecule has 1 saturated heterocycles. The summed E-state index contributed by atoms with van der Waals surface area (Å²) >= 11 is 0. The maximum absolute atomic E-state index is 12.8. The fraction of sp³-hybridized carbons (Fsp3) is 0.375. The van der Waals surface area contributed by atoms with Crippen molar-refractivity contribution < 1.29 is 4.42 Å². The summed E-state index contributed by atoms with van der Waals surface area (Å²) in [5, 5.41) is 0.900. The number of aromatic nitrogens is 3. The third kappa shape index (κ3) is 2.87. The third-order valence-electron chi connectivity index (χ3n) is 6.83. The largest absolute Gasteiger partial charge is 0.422 e. The summed E-state index contributed by atoms with van der Waals surface area (Å²) in [4.78, 5) is 26.7. The molecule has 2 atom stereocenters. The predicted octanol–water partition coefficient (Wildman–Crippen LogP) is 3.12. The predicted molar refractivity (Wildman–Crippen MR) is 121 cm³/mol. The zero-order valence-electron chi connectivity index (χ0n) is 18.2. The molecule has 2 aliphatic rings. The van der Waals surface area contributed by atoms with Gasteiger partial charge < -0.3 is 18.6 Å². The highest BCUT2D eigenvalue weighted by Crippen LogP contribution is 2.49. The standard InChI is InChI=1S/C24H25N5O2/c1-13-9-29-12-20(26-23(29)14(2)25-13)17-7-15-5-6-16(8-21(15)31-24(17)30)28-10-18-19(11-28)22(18)27(3)4/h5-9,12,18-19,22H,10-11H2,1-4H3. The molecule has 1 saturated carbocycles. The summed E-state index contributed by atoms with van der Waals surface area (Å²) in [7, 11) is 4.33. The molecule has 0 bridgehead atoms. The normalized spacial score (nSPS) is 22.6. The van der Waals surface area contributed by atoms with Crippen LogP contribution in [0.4, 0.5) is 5.69 Å². The van der Waals surface area contributed by atoms with Gasteiger partial charge in [-0.15, -0.1) is 0 Å². The van der Waals surface area contributed by atoms with E-state index >= 15 is 0 Å². The van der Waals surface area contributed by atoms with E-state index in [4.69, 9.17) is 4.42 Å². The monoisotopic (exact) mass is 415 g/mol. The Hall–Kier alpha value is -3.19. The molecule has 3 aromatic heterocycles. The van der Waals surface area contributed by atoms with E-state index in [0.717, 1.165) is 53.0 Å². The lowest BCUT2D eigenvalue weighted by Gasteiger charge is -2.24. The van der Waals surface area contributed by atoms with E-state index in [1.165, 1.54) is 0 Å². The Bertz CT molecular complexity index is 1390. The summed E-state index contributed by atoms with van der Waals surface area (Å²) in [6, 6.07) is 8.76. The van der Waals surface area contributed by atoms with Gasteiger partial charge in [0.05, 0.1) is 22.6 Å². The van der Waals surface area contributed by atoms with Crippen LogP contribution in [0, 0.1) is 25.7 Å². The van der Waals surface area contributed by atoms with Crippen LogP contribution in [-0.4, -0.2) is 52.5 Å². The number of hydrogen-bond acceptors (Lipinski definition) is 6. The molecule has 31 heavy (non-hydrogen) atoms. The zero-order chi connectivity index (χ0) is 21.4. The van der Waals surface area contributed by atoms with Crippen LogP contribution in [0.1, 0.15) is 11.4 Å². The highest BCUT2D eigenvalue weighted by Gasteiger charge is 2.56. The number of hydrogen-bond donors (Lipinski definition) is 0. The first-order chi connectivity index (χ1) is 14.9. The smallest absolute Gasteiger partial charge is 0.345 e. The number of anilines is 1. The number of imidazole rings is 1. The lowest BCUT2D eigenvalue weighted by molar-refractivity contribution is 0.357. The molecule has 0 radical (unpaired) electrons. The van der Waals surface area contributed by atoms with Crippen LogP contribution >= 0.6 is 0 Å². The van der Waals surface area contributed by atoms with Crippen molar-refractivity contribution in [2.45, 2.75) is 19.9 Å². The highest BCUT2D eigenvalue weighted by atomic mass is 16.4. The van der Waals surface area contributed by atoms with E-state index in [1.807, 2.05) is 48.8 Å². The van der Waals surface area contributed by atoms with Crippen LogP contribution in [-0.2, 0) is 0 Å². The van der Waals surface area contributed by atoms with Gasteiger partial charge in [0.25, 0.3) is 0 Å². The van der Waals surface area contributed by atoms with E-state index < -0.39 is 0 Å². The molecule has 158 valence electrons. The van der Waals surface area contributed by atoms with Crippen molar-refractivity contribution >= 4 is 22.3 Å². The molecule has 7 nitrogen and oxygen atoms in total. The van der Waals surface area contributed by atoms with Crippen molar-refractivity contribution in [3.63, 3.8) is 0 Å². The second-order valence-electron chi connectivity index (χ2n) is 9.18. The molecule has 0 spiro atoms. The van der Waals surface area contributed by atoms with Crippen molar-refractivity contribution in [2.75, 3.05) is 32.1 Å². The van der Waals surface area contributed by atoms with Gasteiger partial charge in [-0.05, 0) is 58.0 Å². The van der Waals surface area contributed by atoms with Gasteiger partial charge in [0.15, 0.2) is 5.65 Å². The first-order valence-corrected chi connectivity index (χ1v) is 10.7. The van der Waals surface area contributed by atoms with E-state index in [0.29, 0.717) is 22.9 Å². The van der Waals surface area contributed by atoms with Crippen LogP contribution in [0.2, 0.25) is 0 Å². The van der Waals surface area contributed by atoms with E-state index in [2.05, 4.69) is 39.9 Å². The van der Waals surface area contributed by atoms with Crippen molar-refractivity contribution in [3.8, 4) is 11.3 Å². The molecular weight excluding hydrogens is 390 g/mol. The molecule has 1 aliphatic heterocycles. The molecule has 4 aromatic rings. The fourth-order valence-corrected chi connectivity index (χ4v) is 5.38. The number of fused-ring (bicyclic) bond motifs is 3. The van der Waals surface area contributed by atoms with Crippen LogP contribution in [0.3, 0.4) is 0 Å².